The van der Waals surface area contributed by atoms with Crippen LogP contribution in [0.2, 0.25) is 0 Å². The van der Waals surface area contributed by atoms with E-state index in [1.165, 1.54) is 7.11 Å². The third-order valence-corrected chi connectivity index (χ3v) is 11.9. The van der Waals surface area contributed by atoms with Crippen molar-refractivity contribution in [2.24, 2.45) is 0 Å². The van der Waals surface area contributed by atoms with Crippen molar-refractivity contribution in [1.82, 2.24) is 37.4 Å². The van der Waals surface area contributed by atoms with E-state index in [-0.39, 0.29) is 38.6 Å². The van der Waals surface area contributed by atoms with Crippen LogP contribution in [0.5, 0.6) is 0 Å². The van der Waals surface area contributed by atoms with Gasteiger partial charge >= 0.3 is 18.2 Å². The summed E-state index contributed by atoms with van der Waals surface area (Å²) >= 11 is 0. The summed E-state index contributed by atoms with van der Waals surface area (Å²) in [7, 11) is 1.19. The Morgan fingerprint density at radius 1 is 0.474 bits per heavy atom. The minimum Gasteiger partial charge on any atom is -0.467 e. The van der Waals surface area contributed by atoms with Gasteiger partial charge in [0.2, 0.25) is 17.7 Å². The lowest BCUT2D eigenvalue weighted by atomic mass is 9.77. The minimum atomic E-state index is -1.42. The lowest BCUT2D eigenvalue weighted by molar-refractivity contribution is -0.145. The zero-order chi connectivity index (χ0) is 55.1. The second-order valence-electron chi connectivity index (χ2n) is 20.3. The summed E-state index contributed by atoms with van der Waals surface area (Å²) in [6.07, 6.45) is -0.947. The topological polar surface area (TPSA) is 231 Å². The standard InChI is InChI=1S/C59H73N7O10/c1-57(2,3)75-55(72)60-38-24-23-35-47(54(71)74-7)62-51(68)46(36-37-50(67)64-59(43-29-17-10-18-30-43,44-31-19-11-20-32-44)45-33-21-12-22-34-45)61-52(69)49(40-42-27-15-9-16-28-42)65-66-53(70)48(39-41-25-13-8-14-26-41)63-56(73)76-58(4,5)6/h8-22,25-34,46-49,65H,23-24,35-40H2,1-7H3,(H,60,72)(H,61,69)(H,62,68)(H,63,73)(H,64,67)(H,66,70)/t46-,47-,48-,49-/m1/s1. The predicted octanol–water partition coefficient (Wildman–Crippen LogP) is 7.08. The number of methoxy groups -OCH3 is 1. The Morgan fingerprint density at radius 3 is 1.38 bits per heavy atom. The van der Waals surface area contributed by atoms with Crippen molar-refractivity contribution in [3.8, 4) is 0 Å². The molecule has 4 atom stereocenters. The van der Waals surface area contributed by atoms with Crippen molar-refractivity contribution in [1.29, 1.82) is 0 Å². The van der Waals surface area contributed by atoms with Crippen molar-refractivity contribution < 1.29 is 47.8 Å². The molecule has 0 radical (unpaired) electrons. The molecule has 0 bridgehead atoms. The highest BCUT2D eigenvalue weighted by Crippen LogP contribution is 2.37. The fourth-order valence-electron chi connectivity index (χ4n) is 8.32. The molecule has 404 valence electrons. The van der Waals surface area contributed by atoms with E-state index in [4.69, 9.17) is 14.2 Å². The first-order chi connectivity index (χ1) is 36.3. The molecule has 0 aliphatic carbocycles. The SMILES string of the molecule is COC(=O)[C@@H](CCCCNC(=O)OC(C)(C)C)NC(=O)[C@@H](CCC(=O)NC(c1ccccc1)(c1ccccc1)c1ccccc1)NC(=O)[C@@H](Cc1ccccc1)NNC(=O)[C@@H](Cc1ccccc1)NC(=O)OC(C)(C)C. The Morgan fingerprint density at radius 2 is 0.908 bits per heavy atom. The fourth-order valence-corrected chi connectivity index (χ4v) is 8.32. The van der Waals surface area contributed by atoms with Crippen molar-refractivity contribution in [3.63, 3.8) is 0 Å². The monoisotopic (exact) mass is 1040 g/mol. The van der Waals surface area contributed by atoms with Gasteiger partial charge in [-0.15, -0.1) is 0 Å². The third kappa shape index (κ3) is 19.0. The Bertz CT molecular complexity index is 2550. The van der Waals surface area contributed by atoms with Crippen LogP contribution >= 0.6 is 0 Å². The van der Waals surface area contributed by atoms with E-state index in [2.05, 4.69) is 37.4 Å². The van der Waals surface area contributed by atoms with E-state index in [0.717, 1.165) is 22.3 Å². The van der Waals surface area contributed by atoms with Crippen LogP contribution in [0.1, 0.15) is 101 Å². The van der Waals surface area contributed by atoms with Crippen LogP contribution in [0.4, 0.5) is 9.59 Å². The van der Waals surface area contributed by atoms with Crippen LogP contribution in [0.15, 0.2) is 152 Å². The highest BCUT2D eigenvalue weighted by atomic mass is 16.6. The summed E-state index contributed by atoms with van der Waals surface area (Å²) in [5.41, 5.74) is 6.50. The van der Waals surface area contributed by atoms with Crippen molar-refractivity contribution in [3.05, 3.63) is 179 Å². The number of carbonyl (C=O) groups excluding carboxylic acids is 7. The molecule has 5 rings (SSSR count). The summed E-state index contributed by atoms with van der Waals surface area (Å²) < 4.78 is 15.9. The van der Waals surface area contributed by atoms with Gasteiger partial charge in [0, 0.05) is 19.4 Å². The highest BCUT2D eigenvalue weighted by molar-refractivity contribution is 5.93. The molecule has 0 aromatic heterocycles. The minimum absolute atomic E-state index is 0.0144. The molecular weight excluding hydrogens is 967 g/mol. The van der Waals surface area contributed by atoms with Crippen LogP contribution in [0.3, 0.4) is 0 Å². The number of ether oxygens (including phenoxy) is 3. The molecule has 17 heteroatoms. The smallest absolute Gasteiger partial charge is 0.408 e. The fraction of sp³-hybridized carbons (Fsp3) is 0.373. The zero-order valence-corrected chi connectivity index (χ0v) is 44.5. The number of rotatable bonds is 25. The van der Waals surface area contributed by atoms with Gasteiger partial charge in [0.05, 0.1) is 7.11 Å². The van der Waals surface area contributed by atoms with Crippen LogP contribution in [-0.2, 0) is 56.6 Å². The molecule has 0 spiro atoms. The number of hydrogen-bond acceptors (Lipinski definition) is 11. The first-order valence-corrected chi connectivity index (χ1v) is 25.5. The van der Waals surface area contributed by atoms with E-state index in [1.807, 2.05) is 103 Å². The normalized spacial score (nSPS) is 13.0. The first kappa shape index (κ1) is 58.8. The second kappa shape index (κ2) is 28.6. The molecule has 0 saturated heterocycles. The van der Waals surface area contributed by atoms with Crippen molar-refractivity contribution in [2.45, 2.75) is 127 Å². The van der Waals surface area contributed by atoms with Gasteiger partial charge in [0.25, 0.3) is 5.91 Å². The highest BCUT2D eigenvalue weighted by Gasteiger charge is 2.39. The summed E-state index contributed by atoms with van der Waals surface area (Å²) in [5.74, 6) is -3.41. The number of alkyl carbamates (subject to hydrolysis) is 2. The average Bonchev–Trinajstić information content (AvgIpc) is 3.40. The zero-order valence-electron chi connectivity index (χ0n) is 44.5. The predicted molar refractivity (Wildman–Crippen MR) is 289 cm³/mol. The van der Waals surface area contributed by atoms with Gasteiger partial charge in [-0.25, -0.2) is 19.8 Å². The third-order valence-electron chi connectivity index (χ3n) is 11.9. The molecule has 0 saturated carbocycles. The summed E-state index contributed by atoms with van der Waals surface area (Å²) in [4.78, 5) is 96.5. The van der Waals surface area contributed by atoms with Crippen LogP contribution in [0.25, 0.3) is 0 Å². The molecule has 0 aliphatic heterocycles. The lowest BCUT2D eigenvalue weighted by Gasteiger charge is -2.37. The molecule has 0 fully saturated rings. The number of benzene rings is 5. The number of nitrogens with one attached hydrogen (secondary N) is 7. The van der Waals surface area contributed by atoms with Crippen LogP contribution in [-0.4, -0.2) is 90.8 Å². The maximum Gasteiger partial charge on any atom is 0.408 e. The van der Waals surface area contributed by atoms with E-state index in [9.17, 15) is 33.6 Å². The number of hydrazine groups is 1. The van der Waals surface area contributed by atoms with Gasteiger partial charge in [0.15, 0.2) is 0 Å². The van der Waals surface area contributed by atoms with Crippen molar-refractivity contribution >= 4 is 41.8 Å². The van der Waals surface area contributed by atoms with E-state index >= 15 is 0 Å². The largest absolute Gasteiger partial charge is 0.467 e. The summed E-state index contributed by atoms with van der Waals surface area (Å²) in [6, 6.07) is 41.6. The number of amides is 6. The number of unbranched alkanes of at least 4 members (excludes halogenated alkanes) is 1. The Kier molecular flexibility index (Phi) is 22.1. The Hall–Kier alpha value is -8.05. The number of carbonyl (C=O) groups is 7. The molecule has 17 nitrogen and oxygen atoms in total. The lowest BCUT2D eigenvalue weighted by Crippen LogP contribution is -2.60. The quantitative estimate of drug-likeness (QED) is 0.0103. The second-order valence-corrected chi connectivity index (χ2v) is 20.3. The first-order valence-electron chi connectivity index (χ1n) is 25.5. The van der Waals surface area contributed by atoms with E-state index in [1.54, 1.807) is 90.1 Å². The molecular formula is C59H73N7O10. The number of hydrogen-bond donors (Lipinski definition) is 7. The van der Waals surface area contributed by atoms with Gasteiger partial charge < -0.3 is 40.8 Å². The number of esters is 1. The van der Waals surface area contributed by atoms with Gasteiger partial charge in [0.1, 0.15) is 40.9 Å². The molecule has 76 heavy (non-hydrogen) atoms. The Labute approximate surface area is 446 Å². The van der Waals surface area contributed by atoms with Gasteiger partial charge in [-0.05, 0) is 101 Å². The molecule has 5 aromatic carbocycles. The summed E-state index contributed by atoms with van der Waals surface area (Å²) in [6.45, 7) is 10.6. The molecule has 6 amide bonds. The molecule has 7 N–H and O–H groups in total. The summed E-state index contributed by atoms with van der Waals surface area (Å²) in [5, 5.41) is 14.2. The van der Waals surface area contributed by atoms with Crippen LogP contribution in [0, 0.1) is 0 Å². The van der Waals surface area contributed by atoms with E-state index in [0.29, 0.717) is 18.4 Å². The maximum atomic E-state index is 14.7. The van der Waals surface area contributed by atoms with Gasteiger partial charge in [-0.2, -0.15) is 0 Å². The van der Waals surface area contributed by atoms with Crippen LogP contribution < -0.4 is 37.4 Å². The Balaban J connectivity index is 1.44. The molecule has 0 unspecified atom stereocenters. The molecule has 0 aliphatic rings. The maximum absolute atomic E-state index is 14.7. The molecule has 0 heterocycles. The van der Waals surface area contributed by atoms with Gasteiger partial charge in [-0.1, -0.05) is 152 Å². The van der Waals surface area contributed by atoms with E-state index < -0.39 is 82.7 Å². The van der Waals surface area contributed by atoms with Crippen molar-refractivity contribution in [2.75, 3.05) is 13.7 Å². The average molecular weight is 1040 g/mol. The molecule has 5 aromatic rings. The van der Waals surface area contributed by atoms with Gasteiger partial charge in [-0.3, -0.25) is 24.6 Å².